The van der Waals surface area contributed by atoms with Crippen molar-refractivity contribution in [1.29, 1.82) is 0 Å². The summed E-state index contributed by atoms with van der Waals surface area (Å²) in [4.78, 5) is 17.9. The molecule has 2 aromatic carbocycles. The number of piperidine rings is 1. The maximum absolute atomic E-state index is 12.4. The lowest BCUT2D eigenvalue weighted by Crippen LogP contribution is -2.40. The van der Waals surface area contributed by atoms with Crippen molar-refractivity contribution in [1.82, 2.24) is 9.88 Å². The molecule has 1 fully saturated rings. The molecule has 2 heterocycles. The number of H-pyrrole nitrogens is 1. The Morgan fingerprint density at radius 1 is 1.11 bits per heavy atom. The van der Waals surface area contributed by atoms with Crippen LogP contribution in [0, 0.1) is 0 Å². The average Bonchev–Trinajstić information content (AvgIpc) is 3.16. The van der Waals surface area contributed by atoms with Crippen molar-refractivity contribution in [2.75, 3.05) is 26.8 Å². The fraction of sp³-hybridized carbons (Fsp3) is 0.318. The molecule has 3 aromatic rings. The third-order valence-corrected chi connectivity index (χ3v) is 5.56. The number of nitrogens with zero attached hydrogens (tertiary/aromatic N) is 1. The van der Waals surface area contributed by atoms with Crippen LogP contribution >= 0.6 is 11.6 Å². The molecule has 1 aliphatic rings. The first-order valence-electron chi connectivity index (χ1n) is 9.45. The number of rotatable bonds is 5. The van der Waals surface area contributed by atoms with E-state index in [-0.39, 0.29) is 12.5 Å². The van der Waals surface area contributed by atoms with Crippen molar-refractivity contribution in [2.24, 2.45) is 0 Å². The molecule has 0 bridgehead atoms. The van der Waals surface area contributed by atoms with E-state index in [1.54, 1.807) is 31.4 Å². The first-order valence-corrected chi connectivity index (χ1v) is 9.83. The lowest BCUT2D eigenvalue weighted by atomic mass is 9.93. The summed E-state index contributed by atoms with van der Waals surface area (Å²) < 4.78 is 10.9. The van der Waals surface area contributed by atoms with Gasteiger partial charge in [0.15, 0.2) is 6.61 Å². The minimum absolute atomic E-state index is 0.0229. The van der Waals surface area contributed by atoms with E-state index in [9.17, 15) is 4.79 Å². The molecule has 4 rings (SSSR count). The smallest absolute Gasteiger partial charge is 0.260 e. The molecule has 0 unspecified atom stereocenters. The largest absolute Gasteiger partial charge is 0.497 e. The van der Waals surface area contributed by atoms with Crippen molar-refractivity contribution in [3.8, 4) is 11.5 Å². The van der Waals surface area contributed by atoms with Crippen LogP contribution in [0.5, 0.6) is 11.5 Å². The number of halogens is 1. The number of aromatic amines is 1. The zero-order chi connectivity index (χ0) is 19.5. The van der Waals surface area contributed by atoms with Gasteiger partial charge in [-0.1, -0.05) is 11.6 Å². The summed E-state index contributed by atoms with van der Waals surface area (Å²) in [5.41, 5.74) is 2.35. The van der Waals surface area contributed by atoms with Gasteiger partial charge in [-0.3, -0.25) is 4.79 Å². The number of hydrogen-bond acceptors (Lipinski definition) is 3. The van der Waals surface area contributed by atoms with E-state index >= 15 is 0 Å². The first kappa shape index (κ1) is 18.7. The second-order valence-electron chi connectivity index (χ2n) is 7.08. The number of benzene rings is 2. The van der Waals surface area contributed by atoms with Crippen LogP contribution < -0.4 is 9.47 Å². The Balaban J connectivity index is 1.32. The average molecular weight is 399 g/mol. The van der Waals surface area contributed by atoms with Gasteiger partial charge < -0.3 is 19.4 Å². The highest BCUT2D eigenvalue weighted by molar-refractivity contribution is 6.30. The van der Waals surface area contributed by atoms with Gasteiger partial charge in [-0.25, -0.2) is 0 Å². The predicted molar refractivity (Wildman–Crippen MR) is 110 cm³/mol. The Hall–Kier alpha value is -2.66. The van der Waals surface area contributed by atoms with Crippen molar-refractivity contribution in [3.05, 3.63) is 59.2 Å². The summed E-state index contributed by atoms with van der Waals surface area (Å²) in [7, 11) is 1.68. The monoisotopic (exact) mass is 398 g/mol. The maximum Gasteiger partial charge on any atom is 0.260 e. The van der Waals surface area contributed by atoms with Crippen molar-refractivity contribution >= 4 is 28.4 Å². The number of methoxy groups -OCH3 is 1. The molecule has 1 N–H and O–H groups in total. The summed E-state index contributed by atoms with van der Waals surface area (Å²) in [6.45, 7) is 1.54. The van der Waals surface area contributed by atoms with Crippen LogP contribution in [0.15, 0.2) is 48.5 Å². The molecule has 0 aliphatic carbocycles. The second-order valence-corrected chi connectivity index (χ2v) is 7.51. The van der Waals surface area contributed by atoms with Gasteiger partial charge in [0.05, 0.1) is 7.11 Å². The number of fused-ring (bicyclic) bond motifs is 1. The standard InChI is InChI=1S/C22H23ClN2O3/c1-27-19-6-7-20-16(12-19)13-21(24-20)15-8-10-25(11-9-15)22(26)14-28-18-4-2-17(23)3-5-18/h2-7,12-13,15,24H,8-11,14H2,1H3. The molecular weight excluding hydrogens is 376 g/mol. The lowest BCUT2D eigenvalue weighted by molar-refractivity contribution is -0.134. The van der Waals surface area contributed by atoms with Gasteiger partial charge in [-0.2, -0.15) is 0 Å². The molecule has 0 spiro atoms. The lowest BCUT2D eigenvalue weighted by Gasteiger charge is -2.31. The maximum atomic E-state index is 12.4. The zero-order valence-corrected chi connectivity index (χ0v) is 16.5. The molecule has 1 aromatic heterocycles. The van der Waals surface area contributed by atoms with Crippen molar-refractivity contribution in [3.63, 3.8) is 0 Å². The van der Waals surface area contributed by atoms with Gasteiger partial charge in [0.1, 0.15) is 11.5 Å². The first-order chi connectivity index (χ1) is 13.6. The number of carbonyl (C=O) groups is 1. The normalized spacial score (nSPS) is 15.0. The molecule has 1 aliphatic heterocycles. The molecule has 5 nitrogen and oxygen atoms in total. The van der Waals surface area contributed by atoms with Crippen LogP contribution in [0.4, 0.5) is 0 Å². The van der Waals surface area contributed by atoms with Gasteiger partial charge in [0.2, 0.25) is 0 Å². The predicted octanol–water partition coefficient (Wildman–Crippen LogP) is 4.61. The number of aromatic nitrogens is 1. The molecule has 28 heavy (non-hydrogen) atoms. The number of ether oxygens (including phenoxy) is 2. The van der Waals surface area contributed by atoms with E-state index in [0.29, 0.717) is 16.7 Å². The fourth-order valence-electron chi connectivity index (χ4n) is 3.69. The summed E-state index contributed by atoms with van der Waals surface area (Å²) in [5, 5.41) is 1.81. The Kier molecular flexibility index (Phi) is 5.44. The molecule has 1 amide bonds. The Morgan fingerprint density at radius 2 is 1.82 bits per heavy atom. The third kappa shape index (κ3) is 4.09. The number of amides is 1. The van der Waals surface area contributed by atoms with Gasteiger partial charge in [-0.15, -0.1) is 0 Å². The van der Waals surface area contributed by atoms with Crippen molar-refractivity contribution < 1.29 is 14.3 Å². The van der Waals surface area contributed by atoms with Gasteiger partial charge >= 0.3 is 0 Å². The van der Waals surface area contributed by atoms with E-state index in [1.165, 1.54) is 5.69 Å². The molecule has 0 atom stereocenters. The number of carbonyl (C=O) groups excluding carboxylic acids is 1. The highest BCUT2D eigenvalue weighted by Gasteiger charge is 2.25. The fourth-order valence-corrected chi connectivity index (χ4v) is 3.81. The van der Waals surface area contributed by atoms with E-state index in [4.69, 9.17) is 21.1 Å². The highest BCUT2D eigenvalue weighted by Crippen LogP contribution is 2.31. The third-order valence-electron chi connectivity index (χ3n) is 5.31. The molecule has 146 valence electrons. The SMILES string of the molecule is COc1ccc2[nH]c(C3CCN(C(=O)COc4ccc(Cl)cc4)CC3)cc2c1. The van der Waals surface area contributed by atoms with Gasteiger partial charge in [0.25, 0.3) is 5.91 Å². The van der Waals surface area contributed by atoms with Gasteiger partial charge in [0, 0.05) is 40.6 Å². The molecule has 6 heteroatoms. The summed E-state index contributed by atoms with van der Waals surface area (Å²) in [6.07, 6.45) is 1.88. The minimum Gasteiger partial charge on any atom is -0.497 e. The van der Waals surface area contributed by atoms with Crippen LogP contribution in [-0.2, 0) is 4.79 Å². The number of hydrogen-bond donors (Lipinski definition) is 1. The van der Waals surface area contributed by atoms with Crippen LogP contribution in [0.2, 0.25) is 5.02 Å². The molecular formula is C22H23ClN2O3. The highest BCUT2D eigenvalue weighted by atomic mass is 35.5. The topological polar surface area (TPSA) is 54.6 Å². The Labute approximate surface area is 169 Å². The Bertz CT molecular complexity index is 960. The van der Waals surface area contributed by atoms with Crippen LogP contribution in [0.3, 0.4) is 0 Å². The second kappa shape index (κ2) is 8.15. The summed E-state index contributed by atoms with van der Waals surface area (Å²) in [6, 6.07) is 15.3. The molecule has 1 saturated heterocycles. The van der Waals surface area contributed by atoms with Crippen LogP contribution in [-0.4, -0.2) is 42.6 Å². The van der Waals surface area contributed by atoms with Crippen LogP contribution in [0.25, 0.3) is 10.9 Å². The number of likely N-dealkylation sites (tertiary alicyclic amines) is 1. The molecule has 0 saturated carbocycles. The summed E-state index contributed by atoms with van der Waals surface area (Å²) in [5.74, 6) is 1.97. The van der Waals surface area contributed by atoms with Crippen molar-refractivity contribution in [2.45, 2.75) is 18.8 Å². The van der Waals surface area contributed by atoms with Gasteiger partial charge in [-0.05, 0) is 61.4 Å². The quantitative estimate of drug-likeness (QED) is 0.682. The molecule has 0 radical (unpaired) electrons. The summed E-state index contributed by atoms with van der Waals surface area (Å²) >= 11 is 5.86. The van der Waals surface area contributed by atoms with E-state index in [0.717, 1.165) is 42.6 Å². The number of nitrogens with one attached hydrogen (secondary N) is 1. The van der Waals surface area contributed by atoms with E-state index in [2.05, 4.69) is 11.1 Å². The Morgan fingerprint density at radius 3 is 2.54 bits per heavy atom. The zero-order valence-electron chi connectivity index (χ0n) is 15.8. The van der Waals surface area contributed by atoms with E-state index < -0.39 is 0 Å². The van der Waals surface area contributed by atoms with Crippen LogP contribution in [0.1, 0.15) is 24.5 Å². The van der Waals surface area contributed by atoms with E-state index in [1.807, 2.05) is 23.1 Å². The minimum atomic E-state index is 0.0229.